The van der Waals surface area contributed by atoms with Gasteiger partial charge < -0.3 is 10.1 Å². The molecule has 2 rings (SSSR count). The summed E-state index contributed by atoms with van der Waals surface area (Å²) in [5.41, 5.74) is 1.64. The largest absolute Gasteiger partial charge is 0.463 e. The number of aryl methyl sites for hydroxylation is 2. The van der Waals surface area contributed by atoms with Gasteiger partial charge in [0.15, 0.2) is 0 Å². The van der Waals surface area contributed by atoms with Crippen molar-refractivity contribution in [3.8, 4) is 0 Å². The number of nitrogens with one attached hydrogen (secondary N) is 2. The van der Waals surface area contributed by atoms with Gasteiger partial charge in [0.1, 0.15) is 0 Å². The molecule has 0 aliphatic carbocycles. The zero-order valence-electron chi connectivity index (χ0n) is 15.6. The molecule has 2 N–H and O–H groups in total. The summed E-state index contributed by atoms with van der Waals surface area (Å²) in [6.07, 6.45) is 2.03. The molecule has 0 aliphatic rings. The van der Waals surface area contributed by atoms with E-state index in [9.17, 15) is 18.0 Å². The van der Waals surface area contributed by atoms with E-state index >= 15 is 0 Å². The molecule has 0 fully saturated rings. The Hall–Kier alpha value is -3.27. The summed E-state index contributed by atoms with van der Waals surface area (Å²) in [6, 6.07) is 7.23. The quantitative estimate of drug-likeness (QED) is 0.533. The Morgan fingerprint density at radius 3 is 2.25 bits per heavy atom. The number of rotatable bonds is 7. The lowest BCUT2D eigenvalue weighted by Crippen LogP contribution is -2.16. The summed E-state index contributed by atoms with van der Waals surface area (Å²) in [7, 11) is -3.88. The fourth-order valence-electron chi connectivity index (χ4n) is 2.19. The summed E-state index contributed by atoms with van der Waals surface area (Å²) in [5, 5.41) is 2.51. The Morgan fingerprint density at radius 1 is 1.07 bits per heavy atom. The number of benzene rings is 1. The van der Waals surface area contributed by atoms with Gasteiger partial charge in [-0.15, -0.1) is 0 Å². The van der Waals surface area contributed by atoms with Crippen LogP contribution < -0.4 is 10.0 Å². The second-order valence-corrected chi connectivity index (χ2v) is 7.36. The van der Waals surface area contributed by atoms with Crippen LogP contribution in [0.3, 0.4) is 0 Å². The molecule has 1 heterocycles. The molecular formula is C18H20N4O5S. The van der Waals surface area contributed by atoms with E-state index in [-0.39, 0.29) is 17.5 Å². The fraction of sp³-hybridized carbons (Fsp3) is 0.222. The molecular weight excluding hydrogens is 384 g/mol. The number of esters is 1. The first kappa shape index (κ1) is 21.0. The topological polar surface area (TPSA) is 127 Å². The number of carbonyl (C=O) groups excluding carboxylic acids is 2. The molecule has 0 atom stereocenters. The van der Waals surface area contributed by atoms with Crippen molar-refractivity contribution in [3.63, 3.8) is 0 Å². The monoisotopic (exact) mass is 404 g/mol. The first-order valence-electron chi connectivity index (χ1n) is 8.30. The van der Waals surface area contributed by atoms with Crippen LogP contribution in [-0.4, -0.2) is 36.9 Å². The van der Waals surface area contributed by atoms with Crippen LogP contribution in [0.4, 0.5) is 11.6 Å². The highest BCUT2D eigenvalue weighted by Crippen LogP contribution is 2.17. The average molecular weight is 404 g/mol. The van der Waals surface area contributed by atoms with Gasteiger partial charge in [-0.3, -0.25) is 4.79 Å². The number of hydrogen-bond donors (Lipinski definition) is 2. The molecule has 0 radical (unpaired) electrons. The van der Waals surface area contributed by atoms with Gasteiger partial charge in [0.2, 0.25) is 11.9 Å². The smallest absolute Gasteiger partial charge is 0.330 e. The summed E-state index contributed by atoms with van der Waals surface area (Å²) in [5.74, 6) is -1.19. The van der Waals surface area contributed by atoms with Crippen molar-refractivity contribution < 1.29 is 22.7 Å². The number of sulfonamides is 1. The second kappa shape index (κ2) is 9.09. The molecule has 9 nitrogen and oxygen atoms in total. The molecule has 1 amide bonds. The van der Waals surface area contributed by atoms with E-state index in [0.29, 0.717) is 17.1 Å². The van der Waals surface area contributed by atoms with Crippen molar-refractivity contribution in [1.82, 2.24) is 9.97 Å². The Bertz CT molecular complexity index is 981. The lowest BCUT2D eigenvalue weighted by atomic mass is 10.3. The summed E-state index contributed by atoms with van der Waals surface area (Å²) < 4.78 is 31.9. The number of carbonyl (C=O) groups is 2. The Labute approximate surface area is 162 Å². The van der Waals surface area contributed by atoms with Crippen molar-refractivity contribution in [2.75, 3.05) is 16.6 Å². The van der Waals surface area contributed by atoms with E-state index < -0.39 is 21.9 Å². The van der Waals surface area contributed by atoms with E-state index in [1.807, 2.05) is 0 Å². The Morgan fingerprint density at radius 2 is 1.68 bits per heavy atom. The molecule has 0 bridgehead atoms. The first-order chi connectivity index (χ1) is 13.2. The van der Waals surface area contributed by atoms with E-state index in [1.165, 1.54) is 24.3 Å². The van der Waals surface area contributed by atoms with Crippen LogP contribution in [0.5, 0.6) is 0 Å². The van der Waals surface area contributed by atoms with E-state index in [4.69, 9.17) is 0 Å². The van der Waals surface area contributed by atoms with E-state index in [1.54, 1.807) is 26.8 Å². The number of nitrogens with zero attached hydrogens (tertiary/aromatic N) is 2. The molecule has 0 aliphatic heterocycles. The molecule has 148 valence electrons. The van der Waals surface area contributed by atoms with Gasteiger partial charge in [0.25, 0.3) is 10.0 Å². The van der Waals surface area contributed by atoms with Gasteiger partial charge in [-0.1, -0.05) is 0 Å². The van der Waals surface area contributed by atoms with Crippen LogP contribution in [0.1, 0.15) is 18.3 Å². The minimum Gasteiger partial charge on any atom is -0.463 e. The first-order valence-corrected chi connectivity index (χ1v) is 9.79. The third kappa shape index (κ3) is 6.16. The lowest BCUT2D eigenvalue weighted by Gasteiger charge is -2.09. The SMILES string of the molecule is CCOC(=O)/C=C\C(=O)Nc1ccc(S(=O)(=O)Nc2nc(C)cc(C)n2)cc1. The van der Waals surface area contributed by atoms with Gasteiger partial charge in [-0.2, -0.15) is 0 Å². The van der Waals surface area contributed by atoms with Crippen molar-refractivity contribution in [2.24, 2.45) is 0 Å². The molecule has 10 heteroatoms. The Balaban J connectivity index is 2.06. The highest BCUT2D eigenvalue weighted by molar-refractivity contribution is 7.92. The summed E-state index contributed by atoms with van der Waals surface area (Å²) >= 11 is 0. The van der Waals surface area contributed by atoms with Crippen LogP contribution in [0.15, 0.2) is 47.4 Å². The zero-order chi connectivity index (χ0) is 20.7. The zero-order valence-corrected chi connectivity index (χ0v) is 16.4. The minimum atomic E-state index is -3.88. The normalized spacial score (nSPS) is 11.2. The third-order valence-corrected chi connectivity index (χ3v) is 4.64. The van der Waals surface area contributed by atoms with Gasteiger partial charge in [0, 0.05) is 29.2 Å². The molecule has 0 spiro atoms. The summed E-state index contributed by atoms with van der Waals surface area (Å²) in [6.45, 7) is 5.34. The van der Waals surface area contributed by atoms with E-state index in [2.05, 4.69) is 24.7 Å². The van der Waals surface area contributed by atoms with Crippen molar-refractivity contribution in [1.29, 1.82) is 0 Å². The maximum atomic E-state index is 12.5. The maximum absolute atomic E-state index is 12.5. The minimum absolute atomic E-state index is 0.0148. The van der Waals surface area contributed by atoms with Crippen LogP contribution in [0.25, 0.3) is 0 Å². The molecule has 1 aromatic carbocycles. The standard InChI is InChI=1S/C18H20N4O5S/c1-4-27-17(24)10-9-16(23)21-14-5-7-15(8-6-14)28(25,26)22-18-19-12(2)11-13(3)20-18/h5-11H,4H2,1-3H3,(H,21,23)(H,19,20,22)/b10-9-. The third-order valence-electron chi connectivity index (χ3n) is 3.30. The van der Waals surface area contributed by atoms with Crippen molar-refractivity contribution in [2.45, 2.75) is 25.7 Å². The van der Waals surface area contributed by atoms with Gasteiger partial charge in [-0.05, 0) is 51.1 Å². The van der Waals surface area contributed by atoms with Gasteiger partial charge in [0.05, 0.1) is 11.5 Å². The number of ether oxygens (including phenoxy) is 1. The number of anilines is 2. The number of hydrogen-bond acceptors (Lipinski definition) is 7. The number of amides is 1. The van der Waals surface area contributed by atoms with Crippen LogP contribution >= 0.6 is 0 Å². The maximum Gasteiger partial charge on any atom is 0.330 e. The van der Waals surface area contributed by atoms with Gasteiger partial charge >= 0.3 is 5.97 Å². The van der Waals surface area contributed by atoms with Crippen LogP contribution in [-0.2, 0) is 24.3 Å². The average Bonchev–Trinajstić information content (AvgIpc) is 2.59. The second-order valence-electron chi connectivity index (χ2n) is 5.68. The predicted octanol–water partition coefficient (Wildman–Crippen LogP) is 1.95. The Kier molecular flexibility index (Phi) is 6.83. The molecule has 28 heavy (non-hydrogen) atoms. The van der Waals surface area contributed by atoms with E-state index in [0.717, 1.165) is 12.2 Å². The highest BCUT2D eigenvalue weighted by Gasteiger charge is 2.16. The fourth-order valence-corrected chi connectivity index (χ4v) is 3.13. The molecule has 0 saturated heterocycles. The van der Waals surface area contributed by atoms with Crippen molar-refractivity contribution in [3.05, 3.63) is 53.9 Å². The van der Waals surface area contributed by atoms with Crippen LogP contribution in [0, 0.1) is 13.8 Å². The molecule has 2 aromatic rings. The number of aromatic nitrogens is 2. The molecule has 0 saturated carbocycles. The van der Waals surface area contributed by atoms with Crippen LogP contribution in [0.2, 0.25) is 0 Å². The molecule has 1 aromatic heterocycles. The molecule has 0 unspecified atom stereocenters. The highest BCUT2D eigenvalue weighted by atomic mass is 32.2. The predicted molar refractivity (Wildman–Crippen MR) is 103 cm³/mol. The van der Waals surface area contributed by atoms with Crippen molar-refractivity contribution >= 4 is 33.5 Å². The van der Waals surface area contributed by atoms with Gasteiger partial charge in [-0.25, -0.2) is 27.9 Å². The lowest BCUT2D eigenvalue weighted by molar-refractivity contribution is -0.137. The summed E-state index contributed by atoms with van der Waals surface area (Å²) in [4.78, 5) is 31.0.